The van der Waals surface area contributed by atoms with Gasteiger partial charge in [0, 0.05) is 13.1 Å². The quantitative estimate of drug-likeness (QED) is 0.722. The third kappa shape index (κ3) is 4.69. The van der Waals surface area contributed by atoms with Crippen LogP contribution >= 0.6 is 0 Å². The first-order valence-corrected chi connectivity index (χ1v) is 5.67. The molecule has 6 nitrogen and oxygen atoms in total. The summed E-state index contributed by atoms with van der Waals surface area (Å²) in [4.78, 5) is 15.2. The molecule has 1 aliphatic heterocycles. The molecule has 0 atom stereocenters. The van der Waals surface area contributed by atoms with Crippen molar-refractivity contribution >= 4 is 16.6 Å². The Kier molecular flexibility index (Phi) is 4.46. The fraction of sp³-hybridized carbons (Fsp3) is 0.857. The lowest BCUT2D eigenvalue weighted by Crippen LogP contribution is -2.39. The molecule has 10 heteroatoms. The predicted octanol–water partition coefficient (Wildman–Crippen LogP) is 1.38. The van der Waals surface area contributed by atoms with Crippen molar-refractivity contribution in [2.24, 2.45) is 10.3 Å². The van der Waals surface area contributed by atoms with Gasteiger partial charge in [-0.05, 0) is 12.8 Å². The summed E-state index contributed by atoms with van der Waals surface area (Å²) in [5.41, 5.74) is 0. The molecular weight excluding hydrogens is 265 g/mol. The minimum Gasteiger partial charge on any atom is -0.349 e. The Bertz CT molecular complexity index is 403. The lowest BCUT2D eigenvalue weighted by Gasteiger charge is -2.30. The van der Waals surface area contributed by atoms with Crippen LogP contribution < -0.4 is 0 Å². The predicted molar refractivity (Wildman–Crippen MR) is 48.2 cm³/mol. The summed E-state index contributed by atoms with van der Waals surface area (Å²) in [6.45, 7) is -0.201. The maximum Gasteiger partial charge on any atom is 0.467 e. The fourth-order valence-corrected chi connectivity index (χ4v) is 1.62. The fourth-order valence-electron chi connectivity index (χ4n) is 1.46. The Balaban J connectivity index is 2.43. The largest absolute Gasteiger partial charge is 0.467 e. The highest BCUT2D eigenvalue weighted by Gasteiger charge is 2.41. The number of nitrogens with zero attached hydrogens (tertiary/aromatic N) is 2. The molecule has 1 amide bonds. The van der Waals surface area contributed by atoms with E-state index in [1.165, 1.54) is 0 Å². The van der Waals surface area contributed by atoms with Crippen molar-refractivity contribution in [3.8, 4) is 0 Å². The van der Waals surface area contributed by atoms with Gasteiger partial charge in [0.05, 0.1) is 5.92 Å². The number of piperidine rings is 1. The van der Waals surface area contributed by atoms with Gasteiger partial charge < -0.3 is 4.84 Å². The molecule has 1 fully saturated rings. The van der Waals surface area contributed by atoms with Gasteiger partial charge in [0.2, 0.25) is 0 Å². The molecule has 0 radical (unpaired) electrons. The summed E-state index contributed by atoms with van der Waals surface area (Å²) in [7, 11) is -2.93. The van der Waals surface area contributed by atoms with E-state index >= 15 is 0 Å². The van der Waals surface area contributed by atoms with Crippen molar-refractivity contribution < 1.29 is 31.2 Å². The lowest BCUT2D eigenvalue weighted by molar-refractivity contribution is -0.204. The van der Waals surface area contributed by atoms with Crippen molar-refractivity contribution in [2.45, 2.75) is 19.0 Å². The zero-order valence-electron chi connectivity index (χ0n) is 8.48. The molecule has 0 N–H and O–H groups in total. The average molecular weight is 274 g/mol. The summed E-state index contributed by atoms with van der Waals surface area (Å²) in [5, 5.41) is 0.973. The smallest absolute Gasteiger partial charge is 0.349 e. The molecule has 1 saturated heterocycles. The molecular formula is C7H9F3N2O4S. The van der Waals surface area contributed by atoms with E-state index in [1.54, 1.807) is 0 Å². The number of carbonyl (C=O) groups is 1. The second kappa shape index (κ2) is 5.45. The number of carbonyl (C=O) groups excluding carboxylic acids is 1. The third-order valence-corrected chi connectivity index (χ3v) is 2.57. The number of hydrogen-bond acceptors (Lipinski definition) is 5. The maximum atomic E-state index is 12.3. The van der Waals surface area contributed by atoms with Gasteiger partial charge in [-0.15, -0.1) is 5.06 Å². The summed E-state index contributed by atoms with van der Waals surface area (Å²) in [6.07, 6.45) is -6.00. The highest BCUT2D eigenvalue weighted by molar-refractivity contribution is 7.62. The van der Waals surface area contributed by atoms with Crippen LogP contribution in [0.2, 0.25) is 0 Å². The molecule has 0 unspecified atom stereocenters. The van der Waals surface area contributed by atoms with Crippen molar-refractivity contribution in [2.75, 3.05) is 13.1 Å². The van der Waals surface area contributed by atoms with Gasteiger partial charge >= 0.3 is 22.8 Å². The molecule has 0 spiro atoms. The third-order valence-electron chi connectivity index (χ3n) is 2.27. The molecule has 1 rings (SSSR count). The van der Waals surface area contributed by atoms with E-state index in [-0.39, 0.29) is 25.9 Å². The van der Waals surface area contributed by atoms with E-state index in [4.69, 9.17) is 0 Å². The number of alkyl halides is 3. The minimum absolute atomic E-state index is 0.100. The lowest BCUT2D eigenvalue weighted by atomic mass is 9.97. The molecule has 0 bridgehead atoms. The second-order valence-electron chi connectivity index (χ2n) is 3.41. The van der Waals surface area contributed by atoms with E-state index in [0.717, 1.165) is 5.06 Å². The number of halogens is 3. The maximum absolute atomic E-state index is 12.3. The molecule has 0 aromatic heterocycles. The first kappa shape index (κ1) is 13.9. The monoisotopic (exact) mass is 274 g/mol. The Morgan fingerprint density at radius 3 is 2.24 bits per heavy atom. The summed E-state index contributed by atoms with van der Waals surface area (Å²) < 4.78 is 59.4. The Morgan fingerprint density at radius 2 is 1.82 bits per heavy atom. The van der Waals surface area contributed by atoms with Crippen molar-refractivity contribution in [1.29, 1.82) is 0 Å². The molecule has 0 saturated carbocycles. The van der Waals surface area contributed by atoms with Gasteiger partial charge in [0.25, 0.3) is 0 Å². The Morgan fingerprint density at radius 1 is 1.29 bits per heavy atom. The van der Waals surface area contributed by atoms with E-state index in [0.29, 0.717) is 0 Å². The highest BCUT2D eigenvalue weighted by atomic mass is 32.2. The summed E-state index contributed by atoms with van der Waals surface area (Å²) in [6, 6.07) is 0. The molecule has 0 aliphatic carbocycles. The number of hydrogen-bond donors (Lipinski definition) is 0. The number of rotatable bonds is 1. The summed E-state index contributed by atoms with van der Waals surface area (Å²) in [5.74, 6) is -1.41. The van der Waals surface area contributed by atoms with Crippen LogP contribution in [-0.4, -0.2) is 38.8 Å². The first-order chi connectivity index (χ1) is 7.79. The van der Waals surface area contributed by atoms with Crippen LogP contribution in [-0.2, 0) is 15.3 Å². The Hall–Kier alpha value is -1.16. The zero-order valence-corrected chi connectivity index (χ0v) is 9.29. The minimum atomic E-state index is -4.25. The van der Waals surface area contributed by atoms with Gasteiger partial charge in [-0.2, -0.15) is 21.6 Å². The van der Waals surface area contributed by atoms with Crippen LogP contribution in [0, 0.1) is 5.92 Å². The molecule has 98 valence electrons. The molecule has 0 aromatic carbocycles. The van der Waals surface area contributed by atoms with Crippen LogP contribution in [0.25, 0.3) is 0 Å². The van der Waals surface area contributed by atoms with Gasteiger partial charge in [-0.3, -0.25) is 0 Å². The molecule has 17 heavy (non-hydrogen) atoms. The SMILES string of the molecule is O=C(N=S(=O)=O)ON1CCC(C(F)(F)F)CC1. The first-order valence-electron chi connectivity index (χ1n) is 4.63. The number of hydroxylamine groups is 2. The average Bonchev–Trinajstić information content (AvgIpc) is 2.15. The van der Waals surface area contributed by atoms with Gasteiger partial charge in [0.1, 0.15) is 0 Å². The van der Waals surface area contributed by atoms with E-state index in [2.05, 4.69) is 9.20 Å². The number of amides is 1. The van der Waals surface area contributed by atoms with Gasteiger partial charge in [-0.1, -0.05) is 4.36 Å². The Labute approximate surface area is 96.0 Å². The summed E-state index contributed by atoms with van der Waals surface area (Å²) >= 11 is 0. The van der Waals surface area contributed by atoms with E-state index in [1.807, 2.05) is 0 Å². The topological polar surface area (TPSA) is 76.0 Å². The highest BCUT2D eigenvalue weighted by Crippen LogP contribution is 2.34. The second-order valence-corrected chi connectivity index (χ2v) is 4.03. The van der Waals surface area contributed by atoms with Crippen LogP contribution in [0.15, 0.2) is 4.36 Å². The van der Waals surface area contributed by atoms with E-state index < -0.39 is 28.7 Å². The van der Waals surface area contributed by atoms with Crippen LogP contribution in [0.5, 0.6) is 0 Å². The van der Waals surface area contributed by atoms with E-state index in [9.17, 15) is 26.4 Å². The van der Waals surface area contributed by atoms with Crippen LogP contribution in [0.4, 0.5) is 18.0 Å². The molecule has 0 aromatic rings. The van der Waals surface area contributed by atoms with Gasteiger partial charge in [-0.25, -0.2) is 4.79 Å². The van der Waals surface area contributed by atoms with Crippen LogP contribution in [0.3, 0.4) is 0 Å². The van der Waals surface area contributed by atoms with Crippen LogP contribution in [0.1, 0.15) is 12.8 Å². The zero-order chi connectivity index (χ0) is 13.1. The molecule has 1 aliphatic rings. The van der Waals surface area contributed by atoms with Gasteiger partial charge in [0.15, 0.2) is 0 Å². The van der Waals surface area contributed by atoms with Crippen molar-refractivity contribution in [1.82, 2.24) is 5.06 Å². The molecule has 1 heterocycles. The standard InChI is InChI=1S/C7H9F3N2O4S/c8-7(9,10)5-1-3-12(4-2-5)16-6(13)11-17(14)15/h5H,1-4H2. The van der Waals surface area contributed by atoms with Crippen molar-refractivity contribution in [3.05, 3.63) is 0 Å². The normalized spacial score (nSPS) is 18.8. The van der Waals surface area contributed by atoms with Crippen molar-refractivity contribution in [3.63, 3.8) is 0 Å².